The summed E-state index contributed by atoms with van der Waals surface area (Å²) in [5, 5.41) is 0. The van der Waals surface area contributed by atoms with Gasteiger partial charge in [0.25, 0.3) is 0 Å². The van der Waals surface area contributed by atoms with Gasteiger partial charge in [0.15, 0.2) is 0 Å². The van der Waals surface area contributed by atoms with E-state index in [0.29, 0.717) is 6.04 Å². The average molecular weight is 162 g/mol. The molecule has 0 bridgehead atoms. The van der Waals surface area contributed by atoms with Gasteiger partial charge in [-0.25, -0.2) is 0 Å². The second kappa shape index (κ2) is 9.92. The maximum atomic E-state index is 5.69. The van der Waals surface area contributed by atoms with Crippen molar-refractivity contribution in [3.05, 3.63) is 0 Å². The molecule has 0 fully saturated rings. The fourth-order valence-corrected chi connectivity index (χ4v) is 0.628. The van der Waals surface area contributed by atoms with E-state index in [9.17, 15) is 0 Å². The SMILES string of the molecule is CC.CCC(N)CCN(C)C.[HH]. The van der Waals surface area contributed by atoms with Crippen molar-refractivity contribution >= 4 is 0 Å². The van der Waals surface area contributed by atoms with Crippen molar-refractivity contribution in [3.63, 3.8) is 0 Å². The van der Waals surface area contributed by atoms with Gasteiger partial charge in [-0.05, 0) is 33.5 Å². The Labute approximate surface area is 73.2 Å². The Morgan fingerprint density at radius 3 is 2.09 bits per heavy atom. The minimum atomic E-state index is 0. The minimum absolute atomic E-state index is 0. The van der Waals surface area contributed by atoms with Crippen LogP contribution in [0.25, 0.3) is 0 Å². The van der Waals surface area contributed by atoms with Gasteiger partial charge in [0.1, 0.15) is 0 Å². The van der Waals surface area contributed by atoms with Gasteiger partial charge in [-0.2, -0.15) is 0 Å². The molecule has 0 aromatic rings. The fourth-order valence-electron chi connectivity index (χ4n) is 0.628. The van der Waals surface area contributed by atoms with Gasteiger partial charge < -0.3 is 10.6 Å². The van der Waals surface area contributed by atoms with Crippen LogP contribution in [0.4, 0.5) is 0 Å². The zero-order valence-electron chi connectivity index (χ0n) is 8.72. The number of nitrogens with zero attached hydrogens (tertiary/aromatic N) is 1. The first-order valence-electron chi connectivity index (χ1n) is 4.57. The molecule has 0 radical (unpaired) electrons. The molecule has 0 amide bonds. The van der Waals surface area contributed by atoms with Crippen molar-refractivity contribution in [3.8, 4) is 0 Å². The zero-order valence-corrected chi connectivity index (χ0v) is 8.72. The summed E-state index contributed by atoms with van der Waals surface area (Å²) in [5.41, 5.74) is 5.69. The van der Waals surface area contributed by atoms with Gasteiger partial charge in [0.2, 0.25) is 0 Å². The monoisotopic (exact) mass is 162 g/mol. The molecule has 2 nitrogen and oxygen atoms in total. The molecule has 0 saturated carbocycles. The molecule has 0 aliphatic heterocycles. The molecule has 0 heterocycles. The summed E-state index contributed by atoms with van der Waals surface area (Å²) in [6.45, 7) is 7.23. The van der Waals surface area contributed by atoms with Crippen molar-refractivity contribution in [2.75, 3.05) is 20.6 Å². The fraction of sp³-hybridized carbons (Fsp3) is 1.00. The molecule has 1 atom stereocenters. The van der Waals surface area contributed by atoms with E-state index in [1.807, 2.05) is 13.8 Å². The van der Waals surface area contributed by atoms with Crippen LogP contribution in [0.15, 0.2) is 0 Å². The van der Waals surface area contributed by atoms with E-state index in [4.69, 9.17) is 5.73 Å². The van der Waals surface area contributed by atoms with E-state index < -0.39 is 0 Å². The Balaban J connectivity index is -0.000000249. The van der Waals surface area contributed by atoms with E-state index in [2.05, 4.69) is 25.9 Å². The topological polar surface area (TPSA) is 29.3 Å². The summed E-state index contributed by atoms with van der Waals surface area (Å²) in [7, 11) is 4.14. The molecule has 0 aromatic carbocycles. The Morgan fingerprint density at radius 2 is 1.82 bits per heavy atom. The molecule has 0 aliphatic rings. The van der Waals surface area contributed by atoms with E-state index in [1.165, 1.54) is 0 Å². The first-order valence-corrected chi connectivity index (χ1v) is 4.57. The van der Waals surface area contributed by atoms with Crippen molar-refractivity contribution in [1.29, 1.82) is 0 Å². The van der Waals surface area contributed by atoms with Crippen LogP contribution < -0.4 is 5.73 Å². The van der Waals surface area contributed by atoms with Crippen LogP contribution in [0.2, 0.25) is 0 Å². The molecular formula is C9H26N2. The summed E-state index contributed by atoms with van der Waals surface area (Å²) in [6, 6.07) is 0.396. The predicted octanol–water partition coefficient (Wildman–Crippen LogP) is 1.95. The molecule has 0 aromatic heterocycles. The van der Waals surface area contributed by atoms with Crippen LogP contribution in [0.1, 0.15) is 35.0 Å². The highest BCUT2D eigenvalue weighted by Gasteiger charge is 1.97. The van der Waals surface area contributed by atoms with Crippen molar-refractivity contribution in [1.82, 2.24) is 4.90 Å². The first-order chi connectivity index (χ1) is 5.16. The summed E-state index contributed by atoms with van der Waals surface area (Å²) < 4.78 is 0. The molecule has 0 spiro atoms. The Kier molecular flexibility index (Phi) is 12.2. The summed E-state index contributed by atoms with van der Waals surface area (Å²) in [5.74, 6) is 0. The second-order valence-electron chi connectivity index (χ2n) is 2.76. The van der Waals surface area contributed by atoms with Gasteiger partial charge in [-0.15, -0.1) is 0 Å². The summed E-state index contributed by atoms with van der Waals surface area (Å²) >= 11 is 0. The van der Waals surface area contributed by atoms with Crippen LogP contribution >= 0.6 is 0 Å². The van der Waals surface area contributed by atoms with Gasteiger partial charge in [0.05, 0.1) is 0 Å². The average Bonchev–Trinajstić information content (AvgIpc) is 2.04. The third kappa shape index (κ3) is 13.0. The molecule has 0 rings (SSSR count). The lowest BCUT2D eigenvalue weighted by Gasteiger charge is -2.12. The molecule has 11 heavy (non-hydrogen) atoms. The number of hydrogen-bond acceptors (Lipinski definition) is 2. The largest absolute Gasteiger partial charge is 0.328 e. The van der Waals surface area contributed by atoms with Crippen LogP contribution in [0.3, 0.4) is 0 Å². The van der Waals surface area contributed by atoms with Crippen LogP contribution in [0, 0.1) is 0 Å². The third-order valence-electron chi connectivity index (χ3n) is 1.47. The second-order valence-corrected chi connectivity index (χ2v) is 2.76. The minimum Gasteiger partial charge on any atom is -0.328 e. The van der Waals surface area contributed by atoms with Crippen LogP contribution in [-0.4, -0.2) is 31.6 Å². The quantitative estimate of drug-likeness (QED) is 0.684. The lowest BCUT2D eigenvalue weighted by molar-refractivity contribution is 0.378. The smallest absolute Gasteiger partial charge is 0.00483 e. The van der Waals surface area contributed by atoms with Gasteiger partial charge in [0, 0.05) is 7.47 Å². The van der Waals surface area contributed by atoms with E-state index in [-0.39, 0.29) is 1.43 Å². The Morgan fingerprint density at radius 1 is 1.36 bits per heavy atom. The molecule has 0 aliphatic carbocycles. The van der Waals surface area contributed by atoms with Gasteiger partial charge in [-0.3, -0.25) is 0 Å². The number of rotatable bonds is 4. The highest BCUT2D eigenvalue weighted by atomic mass is 15.0. The molecule has 2 N–H and O–H groups in total. The van der Waals surface area contributed by atoms with E-state index in [1.54, 1.807) is 0 Å². The van der Waals surface area contributed by atoms with Crippen molar-refractivity contribution in [2.45, 2.75) is 39.7 Å². The molecular weight excluding hydrogens is 136 g/mol. The summed E-state index contributed by atoms with van der Waals surface area (Å²) in [6.07, 6.45) is 2.21. The molecule has 2 heteroatoms. The molecule has 1 unspecified atom stereocenters. The van der Waals surface area contributed by atoms with Gasteiger partial charge in [-0.1, -0.05) is 20.8 Å². The van der Waals surface area contributed by atoms with E-state index in [0.717, 1.165) is 19.4 Å². The van der Waals surface area contributed by atoms with Crippen molar-refractivity contribution in [2.24, 2.45) is 5.73 Å². The number of nitrogens with two attached hydrogens (primary N) is 1. The normalized spacial score (nSPS) is 12.3. The van der Waals surface area contributed by atoms with Crippen LogP contribution in [0.5, 0.6) is 0 Å². The standard InChI is InChI=1S/C7H18N2.C2H6.H2/c1-4-7(8)5-6-9(2)3;1-2;/h7H,4-6,8H2,1-3H3;1-2H3;1H. The molecule has 0 saturated heterocycles. The highest BCUT2D eigenvalue weighted by molar-refractivity contribution is 4.59. The van der Waals surface area contributed by atoms with Crippen molar-refractivity contribution < 1.29 is 1.43 Å². The van der Waals surface area contributed by atoms with Gasteiger partial charge >= 0.3 is 0 Å². The maximum Gasteiger partial charge on any atom is 0.00483 e. The number of hydrogen-bond donors (Lipinski definition) is 1. The highest BCUT2D eigenvalue weighted by Crippen LogP contribution is 1.93. The lowest BCUT2D eigenvalue weighted by atomic mass is 10.2. The lowest BCUT2D eigenvalue weighted by Crippen LogP contribution is -2.25. The first kappa shape index (κ1) is 13.5. The Hall–Kier alpha value is -0.0800. The van der Waals surface area contributed by atoms with Crippen LogP contribution in [-0.2, 0) is 0 Å². The zero-order chi connectivity index (χ0) is 9.28. The summed E-state index contributed by atoms with van der Waals surface area (Å²) in [4.78, 5) is 2.16. The third-order valence-corrected chi connectivity index (χ3v) is 1.47. The predicted molar refractivity (Wildman–Crippen MR) is 54.9 cm³/mol. The Bertz CT molecular complexity index is 67.5. The van der Waals surface area contributed by atoms with E-state index >= 15 is 0 Å². The molecule has 72 valence electrons. The maximum absolute atomic E-state index is 5.69.